The molecule has 0 aliphatic carbocycles. The second kappa shape index (κ2) is 10.2. The third-order valence-corrected chi connectivity index (χ3v) is 6.97. The van der Waals surface area contributed by atoms with Gasteiger partial charge in [-0.25, -0.2) is 8.42 Å². The highest BCUT2D eigenvalue weighted by Crippen LogP contribution is 2.29. The number of methoxy groups -OCH3 is 2. The third-order valence-electron chi connectivity index (χ3n) is 4.50. The van der Waals surface area contributed by atoms with Crippen LogP contribution in [0.3, 0.4) is 0 Å². The van der Waals surface area contributed by atoms with Crippen molar-refractivity contribution in [2.45, 2.75) is 18.7 Å². The summed E-state index contributed by atoms with van der Waals surface area (Å²) in [6.07, 6.45) is 0. The number of benzene rings is 2. The zero-order chi connectivity index (χ0) is 21.6. The predicted molar refractivity (Wildman–Crippen MR) is 116 cm³/mol. The van der Waals surface area contributed by atoms with Gasteiger partial charge in [-0.15, -0.1) is 0 Å². The summed E-state index contributed by atoms with van der Waals surface area (Å²) in [5.74, 6) is 0.0889. The lowest BCUT2D eigenvalue weighted by molar-refractivity contribution is -0.116. The fourth-order valence-corrected chi connectivity index (χ4v) is 4.77. The van der Waals surface area contributed by atoms with Gasteiger partial charge in [0.25, 0.3) is 0 Å². The number of hydrogen-bond donors (Lipinski definition) is 1. The van der Waals surface area contributed by atoms with Crippen molar-refractivity contribution >= 4 is 37.5 Å². The summed E-state index contributed by atoms with van der Waals surface area (Å²) in [5.41, 5.74) is 2.63. The highest BCUT2D eigenvalue weighted by atomic mass is 79.9. The van der Waals surface area contributed by atoms with E-state index >= 15 is 0 Å². The number of nitrogens with one attached hydrogen (secondary N) is 1. The molecule has 0 fully saturated rings. The van der Waals surface area contributed by atoms with Crippen molar-refractivity contribution in [2.75, 3.05) is 39.2 Å². The number of rotatable bonds is 9. The van der Waals surface area contributed by atoms with E-state index in [-0.39, 0.29) is 24.6 Å². The van der Waals surface area contributed by atoms with E-state index in [1.165, 1.54) is 26.4 Å². The number of carbonyl (C=O) groups is 1. The first-order valence-electron chi connectivity index (χ1n) is 8.89. The normalized spacial score (nSPS) is 11.5. The lowest BCUT2D eigenvalue weighted by Gasteiger charge is -2.22. The molecule has 9 heteroatoms. The fraction of sp³-hybridized carbons (Fsp3) is 0.350. The van der Waals surface area contributed by atoms with Crippen LogP contribution in [0.15, 0.2) is 45.8 Å². The number of carbonyl (C=O) groups excluding carboxylic acids is 1. The summed E-state index contributed by atoms with van der Waals surface area (Å²) in [6, 6.07) is 10.0. The van der Waals surface area contributed by atoms with Gasteiger partial charge in [0.05, 0.1) is 29.6 Å². The largest absolute Gasteiger partial charge is 0.496 e. The summed E-state index contributed by atoms with van der Waals surface area (Å²) >= 11 is 3.30. The zero-order valence-electron chi connectivity index (χ0n) is 16.9. The van der Waals surface area contributed by atoms with Crippen LogP contribution < -0.4 is 10.1 Å². The number of sulfonamides is 1. The Balaban J connectivity index is 2.26. The summed E-state index contributed by atoms with van der Waals surface area (Å²) in [6.45, 7) is 3.72. The molecule has 0 aliphatic heterocycles. The van der Waals surface area contributed by atoms with E-state index in [0.717, 1.165) is 15.4 Å². The molecule has 0 heterocycles. The lowest BCUT2D eigenvalue weighted by atomic mass is 10.1. The van der Waals surface area contributed by atoms with E-state index in [4.69, 9.17) is 9.47 Å². The van der Waals surface area contributed by atoms with Gasteiger partial charge in [0.15, 0.2) is 0 Å². The minimum Gasteiger partial charge on any atom is -0.496 e. The van der Waals surface area contributed by atoms with Gasteiger partial charge < -0.3 is 14.8 Å². The van der Waals surface area contributed by atoms with Crippen LogP contribution in [-0.4, -0.2) is 52.5 Å². The lowest BCUT2D eigenvalue weighted by Crippen LogP contribution is -2.40. The Morgan fingerprint density at radius 2 is 1.90 bits per heavy atom. The molecule has 0 radical (unpaired) electrons. The molecule has 0 aliphatic rings. The van der Waals surface area contributed by atoms with Crippen LogP contribution in [0.5, 0.6) is 5.75 Å². The minimum absolute atomic E-state index is 0.0443. The monoisotopic (exact) mass is 484 g/mol. The van der Waals surface area contributed by atoms with Gasteiger partial charge >= 0.3 is 0 Å². The Hall–Kier alpha value is -1.94. The fourth-order valence-electron chi connectivity index (χ4n) is 2.67. The SMILES string of the molecule is COCCN(CC(=O)Nc1cccc(C)c1C)S(=O)(=O)c1ccc(OC)c(Br)c1. The van der Waals surface area contributed by atoms with E-state index < -0.39 is 15.9 Å². The van der Waals surface area contributed by atoms with Crippen LogP contribution in [0, 0.1) is 13.8 Å². The molecule has 2 rings (SSSR count). The molecule has 0 saturated heterocycles. The Bertz CT molecular complexity index is 979. The highest BCUT2D eigenvalue weighted by Gasteiger charge is 2.27. The average molecular weight is 485 g/mol. The van der Waals surface area contributed by atoms with Crippen molar-refractivity contribution < 1.29 is 22.7 Å². The Morgan fingerprint density at radius 1 is 1.17 bits per heavy atom. The molecule has 1 N–H and O–H groups in total. The van der Waals surface area contributed by atoms with Crippen molar-refractivity contribution in [3.8, 4) is 5.75 Å². The molecule has 2 aromatic rings. The molecule has 1 amide bonds. The van der Waals surface area contributed by atoms with E-state index in [2.05, 4.69) is 21.2 Å². The smallest absolute Gasteiger partial charge is 0.243 e. The molecule has 7 nitrogen and oxygen atoms in total. The number of nitrogens with zero attached hydrogens (tertiary/aromatic N) is 1. The highest BCUT2D eigenvalue weighted by molar-refractivity contribution is 9.10. The Labute approximate surface area is 180 Å². The van der Waals surface area contributed by atoms with Crippen LogP contribution in [0.2, 0.25) is 0 Å². The van der Waals surface area contributed by atoms with E-state index in [1.807, 2.05) is 26.0 Å². The number of aryl methyl sites for hydroxylation is 1. The van der Waals surface area contributed by atoms with Gasteiger partial charge in [0, 0.05) is 19.3 Å². The molecule has 2 aromatic carbocycles. The first-order chi connectivity index (χ1) is 13.7. The van der Waals surface area contributed by atoms with Gasteiger partial charge in [-0.05, 0) is 65.2 Å². The quantitative estimate of drug-likeness (QED) is 0.589. The maximum absolute atomic E-state index is 13.1. The number of anilines is 1. The standard InChI is InChI=1S/C20H25BrN2O5S/c1-14-6-5-7-18(15(14)2)22-20(24)13-23(10-11-27-3)29(25,26)16-8-9-19(28-4)17(21)12-16/h5-9,12H,10-11,13H2,1-4H3,(H,22,24). The van der Waals surface area contributed by atoms with Crippen LogP contribution in [-0.2, 0) is 19.6 Å². The van der Waals surface area contributed by atoms with Crippen molar-refractivity contribution in [1.82, 2.24) is 4.31 Å². The topological polar surface area (TPSA) is 84.9 Å². The number of halogens is 1. The van der Waals surface area contributed by atoms with Crippen LogP contribution in [0.25, 0.3) is 0 Å². The third kappa shape index (κ3) is 5.79. The van der Waals surface area contributed by atoms with Crippen LogP contribution in [0.4, 0.5) is 5.69 Å². The van der Waals surface area contributed by atoms with Crippen molar-refractivity contribution in [3.05, 3.63) is 52.0 Å². The molecule has 0 unspecified atom stereocenters. The Morgan fingerprint density at radius 3 is 2.52 bits per heavy atom. The predicted octanol–water partition coefficient (Wildman–Crippen LogP) is 3.35. The average Bonchev–Trinajstić information content (AvgIpc) is 2.68. The number of amides is 1. The van der Waals surface area contributed by atoms with E-state index in [0.29, 0.717) is 15.9 Å². The molecule has 0 atom stereocenters. The first-order valence-corrected chi connectivity index (χ1v) is 11.1. The van der Waals surface area contributed by atoms with Gasteiger partial charge in [-0.2, -0.15) is 4.31 Å². The maximum atomic E-state index is 13.1. The molecule has 158 valence electrons. The number of ether oxygens (including phenoxy) is 2. The van der Waals surface area contributed by atoms with Crippen molar-refractivity contribution in [3.63, 3.8) is 0 Å². The summed E-state index contributed by atoms with van der Waals surface area (Å²) in [7, 11) is -0.946. The summed E-state index contributed by atoms with van der Waals surface area (Å²) in [5, 5.41) is 2.80. The molecule has 0 aromatic heterocycles. The maximum Gasteiger partial charge on any atom is 0.243 e. The number of hydrogen-bond acceptors (Lipinski definition) is 5. The van der Waals surface area contributed by atoms with Crippen LogP contribution >= 0.6 is 15.9 Å². The second-order valence-electron chi connectivity index (χ2n) is 6.42. The summed E-state index contributed by atoms with van der Waals surface area (Å²) in [4.78, 5) is 12.7. The molecule has 0 saturated carbocycles. The van der Waals surface area contributed by atoms with Crippen LogP contribution in [0.1, 0.15) is 11.1 Å². The van der Waals surface area contributed by atoms with Crippen molar-refractivity contribution in [2.24, 2.45) is 0 Å². The van der Waals surface area contributed by atoms with Crippen molar-refractivity contribution in [1.29, 1.82) is 0 Å². The molecular formula is C20H25BrN2O5S. The molecular weight excluding hydrogens is 460 g/mol. The molecule has 29 heavy (non-hydrogen) atoms. The van der Waals surface area contributed by atoms with Gasteiger partial charge in [0.1, 0.15) is 5.75 Å². The Kier molecular flexibility index (Phi) is 8.21. The zero-order valence-corrected chi connectivity index (χ0v) is 19.3. The second-order valence-corrected chi connectivity index (χ2v) is 9.22. The van der Waals surface area contributed by atoms with Gasteiger partial charge in [-0.1, -0.05) is 12.1 Å². The van der Waals surface area contributed by atoms with E-state index in [9.17, 15) is 13.2 Å². The van der Waals surface area contributed by atoms with E-state index in [1.54, 1.807) is 12.1 Å². The van der Waals surface area contributed by atoms with Gasteiger partial charge in [0.2, 0.25) is 15.9 Å². The summed E-state index contributed by atoms with van der Waals surface area (Å²) < 4.78 is 38.0. The minimum atomic E-state index is -3.92. The van der Waals surface area contributed by atoms with Gasteiger partial charge in [-0.3, -0.25) is 4.79 Å². The molecule has 0 bridgehead atoms. The molecule has 0 spiro atoms. The first kappa shape index (κ1) is 23.3.